The molecule has 11 heteroatoms. The average molecular weight is 459 g/mol. The first-order chi connectivity index (χ1) is 15.3. The number of carboxylic acid groups (broad SMARTS) is 1. The summed E-state index contributed by atoms with van der Waals surface area (Å²) in [7, 11) is 0. The Labute approximate surface area is 184 Å². The lowest BCUT2D eigenvalue weighted by atomic mass is 9.99. The van der Waals surface area contributed by atoms with Crippen LogP contribution in [0.4, 0.5) is 19.0 Å². The zero-order valence-corrected chi connectivity index (χ0v) is 17.7. The molecule has 4 heterocycles. The Bertz CT molecular complexity index is 759. The van der Waals surface area contributed by atoms with E-state index in [1.165, 1.54) is 0 Å². The summed E-state index contributed by atoms with van der Waals surface area (Å²) in [6, 6.07) is 6.47. The lowest BCUT2D eigenvalue weighted by Gasteiger charge is -2.36. The van der Waals surface area contributed by atoms with Crippen LogP contribution in [0.25, 0.3) is 0 Å². The number of nitrogens with zero attached hydrogens (tertiary/aromatic N) is 3. The van der Waals surface area contributed by atoms with Crippen molar-refractivity contribution in [2.75, 3.05) is 37.7 Å². The van der Waals surface area contributed by atoms with Gasteiger partial charge in [-0.05, 0) is 44.2 Å². The molecule has 3 aliphatic heterocycles. The number of amides is 1. The molecule has 1 aromatic rings. The lowest BCUT2D eigenvalue weighted by Crippen LogP contribution is -2.44. The summed E-state index contributed by atoms with van der Waals surface area (Å²) < 4.78 is 43.7. The molecule has 4 rings (SSSR count). The van der Waals surface area contributed by atoms with Crippen molar-refractivity contribution >= 4 is 17.7 Å². The number of pyridine rings is 1. The van der Waals surface area contributed by atoms with Crippen LogP contribution < -0.4 is 4.90 Å². The van der Waals surface area contributed by atoms with E-state index in [-0.39, 0.29) is 24.7 Å². The minimum absolute atomic E-state index is 0.108. The minimum Gasteiger partial charge on any atom is -0.475 e. The molecule has 0 bridgehead atoms. The van der Waals surface area contributed by atoms with E-state index in [2.05, 4.69) is 16.0 Å². The molecule has 0 radical (unpaired) electrons. The maximum atomic E-state index is 12.0. The molecule has 8 nitrogen and oxygen atoms in total. The number of alkyl halides is 3. The Morgan fingerprint density at radius 1 is 1.16 bits per heavy atom. The topological polar surface area (TPSA) is 92.2 Å². The van der Waals surface area contributed by atoms with Gasteiger partial charge in [0.1, 0.15) is 12.4 Å². The van der Waals surface area contributed by atoms with Crippen LogP contribution in [-0.2, 0) is 19.1 Å². The fourth-order valence-electron chi connectivity index (χ4n) is 4.26. The Balaban J connectivity index is 0.000000360. The maximum Gasteiger partial charge on any atom is 0.490 e. The summed E-state index contributed by atoms with van der Waals surface area (Å²) in [5.41, 5.74) is 0. The standard InChI is InChI=1S/C19H27N3O3.C2HF3O2/c23-19(21-10-3-4-11-21)14-24-13-15-6-7-16-17(25-15)8-12-22(16)18-5-1-2-9-20-18;3-2(4,5)1(6)7/h1-2,5,9,15-17H,3-4,6-8,10-14H2;(H,6,7)/t15-,16+,17+;/m1./s1. The smallest absolute Gasteiger partial charge is 0.475 e. The number of hydrogen-bond donors (Lipinski definition) is 1. The van der Waals surface area contributed by atoms with Crippen LogP contribution in [0.3, 0.4) is 0 Å². The summed E-state index contributed by atoms with van der Waals surface area (Å²) in [6.07, 6.45) is 2.46. The molecule has 32 heavy (non-hydrogen) atoms. The van der Waals surface area contributed by atoms with Gasteiger partial charge in [0.15, 0.2) is 0 Å². The Kier molecular flexibility index (Phi) is 8.30. The molecule has 1 N–H and O–H groups in total. The molecule has 3 fully saturated rings. The van der Waals surface area contributed by atoms with E-state index in [0.29, 0.717) is 12.6 Å². The monoisotopic (exact) mass is 459 g/mol. The predicted molar refractivity (Wildman–Crippen MR) is 108 cm³/mol. The SMILES string of the molecule is O=C(COC[C@H]1CC[C@H]2[C@H](CCN2c2ccccn2)O1)N1CCCC1.O=C(O)C(F)(F)F. The van der Waals surface area contributed by atoms with Gasteiger partial charge < -0.3 is 24.4 Å². The van der Waals surface area contributed by atoms with Gasteiger partial charge >= 0.3 is 12.1 Å². The van der Waals surface area contributed by atoms with Gasteiger partial charge in [-0.3, -0.25) is 4.79 Å². The molecule has 0 aliphatic carbocycles. The largest absolute Gasteiger partial charge is 0.490 e. The quantitative estimate of drug-likeness (QED) is 0.723. The zero-order chi connectivity index (χ0) is 23.1. The molecule has 1 aromatic heterocycles. The molecule has 178 valence electrons. The molecule has 3 saturated heterocycles. The first-order valence-electron chi connectivity index (χ1n) is 10.7. The molecule has 0 saturated carbocycles. The number of fused-ring (bicyclic) bond motifs is 1. The van der Waals surface area contributed by atoms with Gasteiger partial charge in [0, 0.05) is 25.8 Å². The molecule has 0 unspecified atom stereocenters. The average Bonchev–Trinajstić information content (AvgIpc) is 3.44. The first kappa shape index (κ1) is 24.2. The van der Waals surface area contributed by atoms with Crippen LogP contribution in [0.2, 0.25) is 0 Å². The highest BCUT2D eigenvalue weighted by atomic mass is 19.4. The molecular formula is C21H28F3N3O5. The van der Waals surface area contributed by atoms with Crippen LogP contribution in [0.1, 0.15) is 32.1 Å². The number of rotatable bonds is 5. The third-order valence-electron chi connectivity index (χ3n) is 5.81. The molecule has 0 aromatic carbocycles. The van der Waals surface area contributed by atoms with Gasteiger partial charge in [0.05, 0.1) is 24.9 Å². The van der Waals surface area contributed by atoms with Crippen LogP contribution in [0.5, 0.6) is 0 Å². The predicted octanol–water partition coefficient (Wildman–Crippen LogP) is 2.48. The van der Waals surface area contributed by atoms with Gasteiger partial charge in [-0.2, -0.15) is 13.2 Å². The minimum atomic E-state index is -5.08. The fraction of sp³-hybridized carbons (Fsp3) is 0.667. The number of carboxylic acids is 1. The van der Waals surface area contributed by atoms with Gasteiger partial charge in [0.25, 0.3) is 0 Å². The van der Waals surface area contributed by atoms with Gasteiger partial charge in [-0.1, -0.05) is 6.07 Å². The number of likely N-dealkylation sites (tertiary alicyclic amines) is 1. The highest BCUT2D eigenvalue weighted by Crippen LogP contribution is 2.34. The van der Waals surface area contributed by atoms with E-state index in [9.17, 15) is 18.0 Å². The van der Waals surface area contributed by atoms with Gasteiger partial charge in [-0.25, -0.2) is 9.78 Å². The molecule has 3 atom stereocenters. The Morgan fingerprint density at radius 2 is 1.88 bits per heavy atom. The molecular weight excluding hydrogens is 431 g/mol. The van der Waals surface area contributed by atoms with E-state index in [1.807, 2.05) is 23.2 Å². The highest BCUT2D eigenvalue weighted by Gasteiger charge is 2.40. The second-order valence-electron chi connectivity index (χ2n) is 8.02. The van der Waals surface area contributed by atoms with Crippen molar-refractivity contribution in [3.8, 4) is 0 Å². The Morgan fingerprint density at radius 3 is 2.50 bits per heavy atom. The highest BCUT2D eigenvalue weighted by molar-refractivity contribution is 5.77. The van der Waals surface area contributed by atoms with Gasteiger partial charge in [0.2, 0.25) is 5.91 Å². The number of halogens is 3. The number of hydrogen-bond acceptors (Lipinski definition) is 6. The summed E-state index contributed by atoms with van der Waals surface area (Å²) in [6.45, 7) is 3.47. The number of carbonyl (C=O) groups is 2. The van der Waals surface area contributed by atoms with Crippen molar-refractivity contribution in [2.45, 2.75) is 56.5 Å². The van der Waals surface area contributed by atoms with E-state index < -0.39 is 12.1 Å². The number of aromatic nitrogens is 1. The summed E-state index contributed by atoms with van der Waals surface area (Å²) in [5, 5.41) is 7.12. The normalized spacial score (nSPS) is 25.2. The van der Waals surface area contributed by atoms with Crippen molar-refractivity contribution in [3.63, 3.8) is 0 Å². The summed E-state index contributed by atoms with van der Waals surface area (Å²) >= 11 is 0. The van der Waals surface area contributed by atoms with Crippen molar-refractivity contribution in [2.24, 2.45) is 0 Å². The third-order valence-corrected chi connectivity index (χ3v) is 5.81. The number of aliphatic carboxylic acids is 1. The van der Waals surface area contributed by atoms with E-state index >= 15 is 0 Å². The number of carbonyl (C=O) groups excluding carboxylic acids is 1. The molecule has 3 aliphatic rings. The van der Waals surface area contributed by atoms with E-state index in [4.69, 9.17) is 19.4 Å². The zero-order valence-electron chi connectivity index (χ0n) is 17.7. The maximum absolute atomic E-state index is 12.0. The Hall–Kier alpha value is -2.40. The van der Waals surface area contributed by atoms with Crippen molar-refractivity contribution in [1.82, 2.24) is 9.88 Å². The third kappa shape index (κ3) is 6.55. The first-order valence-corrected chi connectivity index (χ1v) is 10.7. The van der Waals surface area contributed by atoms with Crippen LogP contribution >= 0.6 is 0 Å². The fourth-order valence-corrected chi connectivity index (χ4v) is 4.26. The lowest BCUT2D eigenvalue weighted by molar-refractivity contribution is -0.192. The van der Waals surface area contributed by atoms with Crippen molar-refractivity contribution in [3.05, 3.63) is 24.4 Å². The number of anilines is 1. The van der Waals surface area contributed by atoms with Crippen LogP contribution in [-0.4, -0.2) is 84.1 Å². The summed E-state index contributed by atoms with van der Waals surface area (Å²) in [5.74, 6) is -1.59. The van der Waals surface area contributed by atoms with E-state index in [1.54, 1.807) is 0 Å². The second-order valence-corrected chi connectivity index (χ2v) is 8.02. The number of ether oxygens (including phenoxy) is 2. The molecule has 1 amide bonds. The summed E-state index contributed by atoms with van der Waals surface area (Å²) in [4.78, 5) is 29.7. The van der Waals surface area contributed by atoms with E-state index in [0.717, 1.165) is 57.6 Å². The van der Waals surface area contributed by atoms with Crippen LogP contribution in [0.15, 0.2) is 24.4 Å². The van der Waals surface area contributed by atoms with Crippen molar-refractivity contribution in [1.29, 1.82) is 0 Å². The van der Waals surface area contributed by atoms with Gasteiger partial charge in [-0.15, -0.1) is 0 Å². The second kappa shape index (κ2) is 11.0. The molecule has 0 spiro atoms. The van der Waals surface area contributed by atoms with Crippen molar-refractivity contribution < 1.29 is 37.3 Å². The van der Waals surface area contributed by atoms with Crippen LogP contribution in [0, 0.1) is 0 Å².